The summed E-state index contributed by atoms with van der Waals surface area (Å²) in [6.45, 7) is 0. The number of hydrogen-bond acceptors (Lipinski definition) is 7. The molecule has 7 nitrogen and oxygen atoms in total. The van der Waals surface area contributed by atoms with Crippen molar-refractivity contribution in [3.8, 4) is 0 Å². The molecule has 1 atom stereocenters. The highest BCUT2D eigenvalue weighted by molar-refractivity contribution is 6.16. The summed E-state index contributed by atoms with van der Waals surface area (Å²) in [6, 6.07) is -1.64. The van der Waals surface area contributed by atoms with Gasteiger partial charge in [0.15, 0.2) is 0 Å². The van der Waals surface area contributed by atoms with Gasteiger partial charge in [-0.2, -0.15) is 0 Å². The van der Waals surface area contributed by atoms with Gasteiger partial charge in [0.25, 0.3) is 0 Å². The Morgan fingerprint density at radius 2 is 1.83 bits per heavy atom. The molecule has 0 heterocycles. The molecular weight excluding hydrogens is 242 g/mol. The molecule has 0 unspecified atom stereocenters. The van der Waals surface area contributed by atoms with Crippen LogP contribution in [0.1, 0.15) is 25.7 Å². The van der Waals surface area contributed by atoms with Crippen LogP contribution in [0.5, 0.6) is 0 Å². The van der Waals surface area contributed by atoms with Crippen molar-refractivity contribution in [1.29, 1.82) is 0 Å². The number of carboxylic acid groups (broad SMARTS) is 2. The van der Waals surface area contributed by atoms with Crippen molar-refractivity contribution in [2.24, 2.45) is 10.9 Å². The zero-order valence-corrected chi connectivity index (χ0v) is 9.46. The van der Waals surface area contributed by atoms with Crippen molar-refractivity contribution in [2.75, 3.05) is 0 Å². The number of Topliss-reactive ketones (excluding diaryl/α,β-unsaturated/α-hetero) is 2. The second kappa shape index (κ2) is 6.04. The molecule has 18 heavy (non-hydrogen) atoms. The highest BCUT2D eigenvalue weighted by Crippen LogP contribution is 2.16. The van der Waals surface area contributed by atoms with Crippen molar-refractivity contribution in [3.05, 3.63) is 0 Å². The molecule has 0 radical (unpaired) electrons. The summed E-state index contributed by atoms with van der Waals surface area (Å²) < 4.78 is 0. The topological polar surface area (TPSA) is 127 Å². The number of rotatable bonds is 5. The smallest absolute Gasteiger partial charge is 0.148 e. The Morgan fingerprint density at radius 3 is 2.28 bits per heavy atom. The van der Waals surface area contributed by atoms with Crippen LogP contribution in [-0.4, -0.2) is 35.8 Å². The third kappa shape index (κ3) is 3.76. The van der Waals surface area contributed by atoms with Crippen LogP contribution in [0.25, 0.3) is 0 Å². The Balaban J connectivity index is 2.75. The first kappa shape index (κ1) is 14.0. The zero-order chi connectivity index (χ0) is 13.7. The average Bonchev–Trinajstić information content (AvgIpc) is 2.26. The van der Waals surface area contributed by atoms with E-state index in [1.807, 2.05) is 0 Å². The van der Waals surface area contributed by atoms with Crippen LogP contribution in [-0.2, 0) is 19.2 Å². The maximum atomic E-state index is 11.4. The molecule has 0 spiro atoms. The van der Waals surface area contributed by atoms with Gasteiger partial charge in [0.1, 0.15) is 17.5 Å². The Hall–Kier alpha value is -2.05. The fourth-order valence-electron chi connectivity index (χ4n) is 1.64. The molecule has 0 aliphatic heterocycles. The minimum Gasteiger partial charge on any atom is -0.550 e. The van der Waals surface area contributed by atoms with Gasteiger partial charge < -0.3 is 19.8 Å². The SMILES string of the molecule is O=C([O-])C[C@H](N=CC1C(=O)CCCC1=O)C(=O)[O-]. The monoisotopic (exact) mass is 253 g/mol. The van der Waals surface area contributed by atoms with Gasteiger partial charge in [-0.3, -0.25) is 14.6 Å². The molecular formula is C11H11NO6-2. The summed E-state index contributed by atoms with van der Waals surface area (Å²) in [5.41, 5.74) is 0. The molecule has 1 aliphatic carbocycles. The molecule has 0 aromatic rings. The van der Waals surface area contributed by atoms with Gasteiger partial charge in [0.2, 0.25) is 0 Å². The van der Waals surface area contributed by atoms with Crippen LogP contribution in [0.15, 0.2) is 4.99 Å². The number of aliphatic carboxylic acids is 2. The van der Waals surface area contributed by atoms with Crippen LogP contribution in [0.3, 0.4) is 0 Å². The number of carbonyl (C=O) groups is 4. The molecule has 0 bridgehead atoms. The fraction of sp³-hybridized carbons (Fsp3) is 0.545. The Bertz CT molecular complexity index is 398. The maximum Gasteiger partial charge on any atom is 0.148 e. The highest BCUT2D eigenvalue weighted by atomic mass is 16.4. The second-order valence-electron chi connectivity index (χ2n) is 3.97. The summed E-state index contributed by atoms with van der Waals surface area (Å²) >= 11 is 0. The molecule has 1 fully saturated rings. The largest absolute Gasteiger partial charge is 0.550 e. The summed E-state index contributed by atoms with van der Waals surface area (Å²) in [5, 5.41) is 20.9. The second-order valence-corrected chi connectivity index (χ2v) is 3.97. The first-order valence-electron chi connectivity index (χ1n) is 5.41. The van der Waals surface area contributed by atoms with E-state index in [0.29, 0.717) is 6.42 Å². The Morgan fingerprint density at radius 1 is 1.28 bits per heavy atom. The first-order chi connectivity index (χ1) is 8.41. The lowest BCUT2D eigenvalue weighted by Gasteiger charge is -2.18. The minimum absolute atomic E-state index is 0.235. The van der Waals surface area contributed by atoms with Crippen LogP contribution < -0.4 is 10.2 Å². The van der Waals surface area contributed by atoms with E-state index in [-0.39, 0.29) is 24.4 Å². The van der Waals surface area contributed by atoms with E-state index >= 15 is 0 Å². The fourth-order valence-corrected chi connectivity index (χ4v) is 1.64. The molecule has 0 aromatic heterocycles. The van der Waals surface area contributed by atoms with E-state index in [1.165, 1.54) is 0 Å². The number of carbonyl (C=O) groups excluding carboxylic acids is 4. The number of hydrogen-bond donors (Lipinski definition) is 0. The number of ketones is 2. The lowest BCUT2D eigenvalue weighted by Crippen LogP contribution is -2.39. The summed E-state index contributed by atoms with van der Waals surface area (Å²) in [7, 11) is 0. The number of nitrogens with zero attached hydrogens (tertiary/aromatic N) is 1. The Labute approximate surface area is 103 Å². The predicted molar refractivity (Wildman–Crippen MR) is 54.3 cm³/mol. The standard InChI is InChI=1S/C11H13NO6/c13-8-2-1-3-9(14)6(8)5-12-7(11(17)18)4-10(15)16/h5-7H,1-4H2,(H,15,16)(H,17,18)/p-2/t7-/m0/s1. The Kier molecular flexibility index (Phi) is 4.70. The van der Waals surface area contributed by atoms with Gasteiger partial charge in [0.05, 0.1) is 12.0 Å². The summed E-state index contributed by atoms with van der Waals surface area (Å²) in [4.78, 5) is 47.1. The summed E-state index contributed by atoms with van der Waals surface area (Å²) in [6.07, 6.45) is 1.00. The van der Waals surface area contributed by atoms with E-state index in [4.69, 9.17) is 0 Å². The molecule has 1 rings (SSSR count). The van der Waals surface area contributed by atoms with Gasteiger partial charge >= 0.3 is 0 Å². The lowest BCUT2D eigenvalue weighted by atomic mass is 9.87. The molecule has 1 saturated carbocycles. The number of carboxylic acids is 2. The van der Waals surface area contributed by atoms with E-state index in [0.717, 1.165) is 6.21 Å². The van der Waals surface area contributed by atoms with E-state index < -0.39 is 30.3 Å². The summed E-state index contributed by atoms with van der Waals surface area (Å²) in [5.74, 6) is -5.02. The van der Waals surface area contributed by atoms with Gasteiger partial charge in [-0.25, -0.2) is 0 Å². The quantitative estimate of drug-likeness (QED) is 0.386. The van der Waals surface area contributed by atoms with Crippen molar-refractivity contribution >= 4 is 29.7 Å². The zero-order valence-electron chi connectivity index (χ0n) is 9.46. The normalized spacial score (nSPS) is 19.1. The number of aliphatic imine (C=N–C) groups is 1. The molecule has 98 valence electrons. The molecule has 7 heteroatoms. The van der Waals surface area contributed by atoms with Gasteiger partial charge in [0, 0.05) is 31.4 Å². The molecule has 0 N–H and O–H groups in total. The van der Waals surface area contributed by atoms with E-state index in [9.17, 15) is 29.4 Å². The third-order valence-electron chi connectivity index (χ3n) is 2.59. The van der Waals surface area contributed by atoms with Crippen LogP contribution in [0.4, 0.5) is 0 Å². The van der Waals surface area contributed by atoms with Gasteiger partial charge in [-0.15, -0.1) is 0 Å². The van der Waals surface area contributed by atoms with Crippen molar-refractivity contribution in [1.82, 2.24) is 0 Å². The van der Waals surface area contributed by atoms with Crippen molar-refractivity contribution in [2.45, 2.75) is 31.7 Å². The average molecular weight is 253 g/mol. The van der Waals surface area contributed by atoms with Crippen LogP contribution in [0.2, 0.25) is 0 Å². The first-order valence-corrected chi connectivity index (χ1v) is 5.41. The van der Waals surface area contributed by atoms with Crippen LogP contribution in [0, 0.1) is 5.92 Å². The van der Waals surface area contributed by atoms with Gasteiger partial charge in [-0.1, -0.05) is 0 Å². The lowest BCUT2D eigenvalue weighted by molar-refractivity contribution is -0.316. The van der Waals surface area contributed by atoms with E-state index in [2.05, 4.69) is 4.99 Å². The van der Waals surface area contributed by atoms with Crippen molar-refractivity contribution in [3.63, 3.8) is 0 Å². The van der Waals surface area contributed by atoms with Gasteiger partial charge in [-0.05, 0) is 6.42 Å². The van der Waals surface area contributed by atoms with Crippen molar-refractivity contribution < 1.29 is 29.4 Å². The highest BCUT2D eigenvalue weighted by Gasteiger charge is 2.28. The third-order valence-corrected chi connectivity index (χ3v) is 2.59. The molecule has 0 aromatic carbocycles. The van der Waals surface area contributed by atoms with Crippen LogP contribution >= 0.6 is 0 Å². The molecule has 0 saturated heterocycles. The van der Waals surface area contributed by atoms with E-state index in [1.54, 1.807) is 0 Å². The minimum atomic E-state index is -1.69. The molecule has 0 amide bonds. The predicted octanol–water partition coefficient (Wildman–Crippen LogP) is -2.75. The molecule has 1 aliphatic rings. The maximum absolute atomic E-state index is 11.4.